The number of carbonyl (C=O) groups excluding carboxylic acids is 2. The normalized spacial score (nSPS) is 13.2. The van der Waals surface area contributed by atoms with Gasteiger partial charge in [-0.2, -0.15) is 0 Å². The highest BCUT2D eigenvalue weighted by Gasteiger charge is 2.21. The summed E-state index contributed by atoms with van der Waals surface area (Å²) in [5, 5.41) is 2.73. The van der Waals surface area contributed by atoms with Crippen molar-refractivity contribution in [1.82, 2.24) is 10.2 Å². The van der Waals surface area contributed by atoms with Gasteiger partial charge in [-0.25, -0.2) is 0 Å². The average Bonchev–Trinajstić information content (AvgIpc) is 3.09. The topological polar surface area (TPSA) is 67.9 Å². The number of likely N-dealkylation sites (N-methyl/N-ethyl adjacent to an activating group) is 1. The van der Waals surface area contributed by atoms with Crippen LogP contribution in [-0.4, -0.2) is 36.6 Å². The lowest BCUT2D eigenvalue weighted by atomic mass is 10.1. The van der Waals surface area contributed by atoms with E-state index in [1.54, 1.807) is 43.1 Å². The van der Waals surface area contributed by atoms with Crippen LogP contribution in [0.4, 0.5) is 0 Å². The van der Waals surface area contributed by atoms with E-state index in [-0.39, 0.29) is 18.6 Å². The molecule has 2 aromatic carbocycles. The van der Waals surface area contributed by atoms with Crippen molar-refractivity contribution in [3.05, 3.63) is 59.7 Å². The number of hydrogen-bond donors (Lipinski definition) is 1. The quantitative estimate of drug-likeness (QED) is 0.906. The van der Waals surface area contributed by atoms with Crippen molar-refractivity contribution in [2.45, 2.75) is 19.5 Å². The molecule has 0 radical (unpaired) electrons. The third kappa shape index (κ3) is 3.91. The molecule has 2 amide bonds. The van der Waals surface area contributed by atoms with Gasteiger partial charge in [-0.3, -0.25) is 9.59 Å². The van der Waals surface area contributed by atoms with Gasteiger partial charge in [0.05, 0.1) is 0 Å². The maximum Gasteiger partial charge on any atom is 0.251 e. The van der Waals surface area contributed by atoms with Crippen LogP contribution in [0.15, 0.2) is 48.5 Å². The van der Waals surface area contributed by atoms with Gasteiger partial charge in [0.1, 0.15) is 6.04 Å². The standard InChI is InChI=1S/C19H20N2O4/c1-13(20-18(22)15-6-4-3-5-7-15)19(23)21(2)11-14-8-9-16-17(10-14)25-12-24-16/h3-10,13H,11-12H2,1-2H3,(H,20,22). The Bertz CT molecular complexity index is 776. The van der Waals surface area contributed by atoms with E-state index in [9.17, 15) is 9.59 Å². The fraction of sp³-hybridized carbons (Fsp3) is 0.263. The van der Waals surface area contributed by atoms with E-state index in [1.807, 2.05) is 24.3 Å². The lowest BCUT2D eigenvalue weighted by molar-refractivity contribution is -0.132. The number of nitrogens with one attached hydrogen (secondary N) is 1. The Morgan fingerprint density at radius 3 is 2.60 bits per heavy atom. The van der Waals surface area contributed by atoms with Gasteiger partial charge < -0.3 is 19.7 Å². The first-order chi connectivity index (χ1) is 12.0. The Labute approximate surface area is 146 Å². The highest BCUT2D eigenvalue weighted by atomic mass is 16.7. The molecule has 1 unspecified atom stereocenters. The van der Waals surface area contributed by atoms with Crippen LogP contribution in [0.2, 0.25) is 0 Å². The molecule has 3 rings (SSSR count). The molecule has 1 N–H and O–H groups in total. The van der Waals surface area contributed by atoms with E-state index in [1.165, 1.54) is 0 Å². The Morgan fingerprint density at radius 2 is 1.84 bits per heavy atom. The van der Waals surface area contributed by atoms with Crippen molar-refractivity contribution >= 4 is 11.8 Å². The van der Waals surface area contributed by atoms with Crippen molar-refractivity contribution in [3.63, 3.8) is 0 Å². The maximum atomic E-state index is 12.5. The van der Waals surface area contributed by atoms with E-state index in [0.29, 0.717) is 23.6 Å². The molecule has 0 aliphatic carbocycles. The van der Waals surface area contributed by atoms with Crippen molar-refractivity contribution < 1.29 is 19.1 Å². The van der Waals surface area contributed by atoms with Gasteiger partial charge in [0.25, 0.3) is 5.91 Å². The van der Waals surface area contributed by atoms with E-state index in [0.717, 1.165) is 5.56 Å². The Kier molecular flexibility index (Phi) is 4.88. The third-order valence-electron chi connectivity index (χ3n) is 3.99. The van der Waals surface area contributed by atoms with Crippen LogP contribution in [-0.2, 0) is 11.3 Å². The Balaban J connectivity index is 1.59. The van der Waals surface area contributed by atoms with Gasteiger partial charge in [0.2, 0.25) is 12.7 Å². The van der Waals surface area contributed by atoms with Crippen LogP contribution < -0.4 is 14.8 Å². The molecule has 1 heterocycles. The van der Waals surface area contributed by atoms with Gasteiger partial charge >= 0.3 is 0 Å². The molecule has 0 aromatic heterocycles. The second-order valence-corrected chi connectivity index (χ2v) is 5.94. The summed E-state index contributed by atoms with van der Waals surface area (Å²) in [6.07, 6.45) is 0. The fourth-order valence-electron chi connectivity index (χ4n) is 2.65. The number of ether oxygens (including phenoxy) is 2. The molecular formula is C19H20N2O4. The van der Waals surface area contributed by atoms with Gasteiger partial charge in [-0.05, 0) is 36.8 Å². The van der Waals surface area contributed by atoms with Gasteiger partial charge in [0, 0.05) is 19.2 Å². The number of benzene rings is 2. The lowest BCUT2D eigenvalue weighted by Gasteiger charge is -2.22. The summed E-state index contributed by atoms with van der Waals surface area (Å²) in [5.41, 5.74) is 1.46. The van der Waals surface area contributed by atoms with E-state index < -0.39 is 6.04 Å². The summed E-state index contributed by atoms with van der Waals surface area (Å²) in [5.74, 6) is 0.963. The largest absolute Gasteiger partial charge is 0.454 e. The number of rotatable bonds is 5. The van der Waals surface area contributed by atoms with Crippen LogP contribution >= 0.6 is 0 Å². The molecule has 0 fully saturated rings. The number of nitrogens with zero attached hydrogens (tertiary/aromatic N) is 1. The summed E-state index contributed by atoms with van der Waals surface area (Å²) in [4.78, 5) is 26.2. The Hall–Kier alpha value is -3.02. The molecule has 130 valence electrons. The second-order valence-electron chi connectivity index (χ2n) is 5.94. The van der Waals surface area contributed by atoms with E-state index in [2.05, 4.69) is 5.32 Å². The minimum Gasteiger partial charge on any atom is -0.454 e. The lowest BCUT2D eigenvalue weighted by Crippen LogP contribution is -2.45. The first-order valence-corrected chi connectivity index (χ1v) is 8.04. The minimum absolute atomic E-state index is 0.165. The maximum absolute atomic E-state index is 12.5. The molecule has 0 spiro atoms. The predicted octanol–water partition coefficient (Wildman–Crippen LogP) is 2.19. The summed E-state index contributed by atoms with van der Waals surface area (Å²) in [6.45, 7) is 2.32. The van der Waals surface area contributed by atoms with Gasteiger partial charge in [0.15, 0.2) is 11.5 Å². The van der Waals surface area contributed by atoms with Crippen LogP contribution in [0.5, 0.6) is 11.5 Å². The summed E-state index contributed by atoms with van der Waals surface area (Å²) < 4.78 is 10.6. The van der Waals surface area contributed by atoms with E-state index >= 15 is 0 Å². The zero-order valence-corrected chi connectivity index (χ0v) is 14.2. The zero-order chi connectivity index (χ0) is 17.8. The molecule has 6 nitrogen and oxygen atoms in total. The fourth-order valence-corrected chi connectivity index (χ4v) is 2.65. The monoisotopic (exact) mass is 340 g/mol. The van der Waals surface area contributed by atoms with Crippen LogP contribution in [0.3, 0.4) is 0 Å². The number of amides is 2. The number of carbonyl (C=O) groups is 2. The molecule has 25 heavy (non-hydrogen) atoms. The molecule has 0 saturated heterocycles. The van der Waals surface area contributed by atoms with Gasteiger partial charge in [-0.1, -0.05) is 24.3 Å². The van der Waals surface area contributed by atoms with Crippen molar-refractivity contribution in [2.24, 2.45) is 0 Å². The highest BCUT2D eigenvalue weighted by molar-refractivity contribution is 5.97. The van der Waals surface area contributed by atoms with Crippen LogP contribution in [0.25, 0.3) is 0 Å². The van der Waals surface area contributed by atoms with E-state index in [4.69, 9.17) is 9.47 Å². The third-order valence-corrected chi connectivity index (χ3v) is 3.99. The SMILES string of the molecule is CC(NC(=O)c1ccccc1)C(=O)N(C)Cc1ccc2c(c1)OCO2. The van der Waals surface area contributed by atoms with Crippen LogP contribution in [0.1, 0.15) is 22.8 Å². The smallest absolute Gasteiger partial charge is 0.251 e. The minimum atomic E-state index is -0.619. The molecule has 2 aromatic rings. The molecule has 1 atom stereocenters. The van der Waals surface area contributed by atoms with Crippen LogP contribution in [0, 0.1) is 0 Å². The molecule has 1 aliphatic heterocycles. The van der Waals surface area contributed by atoms with Crippen molar-refractivity contribution in [2.75, 3.05) is 13.8 Å². The van der Waals surface area contributed by atoms with Gasteiger partial charge in [-0.15, -0.1) is 0 Å². The number of fused-ring (bicyclic) bond motifs is 1. The van der Waals surface area contributed by atoms with Crippen molar-refractivity contribution in [3.8, 4) is 11.5 Å². The zero-order valence-electron chi connectivity index (χ0n) is 14.2. The van der Waals surface area contributed by atoms with Crippen molar-refractivity contribution in [1.29, 1.82) is 0 Å². The first-order valence-electron chi connectivity index (χ1n) is 8.04. The molecule has 0 bridgehead atoms. The molecular weight excluding hydrogens is 320 g/mol. The molecule has 0 saturated carbocycles. The molecule has 6 heteroatoms. The molecule has 1 aliphatic rings. The summed E-state index contributed by atoms with van der Waals surface area (Å²) in [7, 11) is 1.71. The summed E-state index contributed by atoms with van der Waals surface area (Å²) >= 11 is 0. The number of hydrogen-bond acceptors (Lipinski definition) is 4. The second kappa shape index (κ2) is 7.25. The average molecular weight is 340 g/mol. The predicted molar refractivity (Wildman–Crippen MR) is 92.4 cm³/mol. The summed E-state index contributed by atoms with van der Waals surface area (Å²) in [6, 6.07) is 13.8. The first kappa shape index (κ1) is 16.8. The highest BCUT2D eigenvalue weighted by Crippen LogP contribution is 2.32. The Morgan fingerprint density at radius 1 is 1.12 bits per heavy atom.